The second kappa shape index (κ2) is 5.98. The van der Waals surface area contributed by atoms with Gasteiger partial charge in [0.05, 0.1) is 5.02 Å². The summed E-state index contributed by atoms with van der Waals surface area (Å²) in [4.78, 5) is 11.3. The maximum atomic E-state index is 13.7. The van der Waals surface area contributed by atoms with Gasteiger partial charge in [-0.2, -0.15) is 0 Å². The van der Waals surface area contributed by atoms with Crippen molar-refractivity contribution in [1.29, 1.82) is 0 Å². The van der Waals surface area contributed by atoms with Crippen molar-refractivity contribution in [3.63, 3.8) is 0 Å². The summed E-state index contributed by atoms with van der Waals surface area (Å²) >= 11 is 5.79. The van der Waals surface area contributed by atoms with Crippen molar-refractivity contribution in [1.82, 2.24) is 4.72 Å². The van der Waals surface area contributed by atoms with E-state index in [-0.39, 0.29) is 28.8 Å². The molecule has 0 radical (unpaired) electrons. The predicted molar refractivity (Wildman–Crippen MR) is 71.4 cm³/mol. The lowest BCUT2D eigenvalue weighted by atomic mass is 10.0. The van der Waals surface area contributed by atoms with Gasteiger partial charge in [-0.25, -0.2) is 17.5 Å². The number of nitrogens with one attached hydrogen (secondary N) is 1. The molecule has 4 nitrogen and oxygen atoms in total. The van der Waals surface area contributed by atoms with Crippen molar-refractivity contribution >= 4 is 27.4 Å². The average Bonchev–Trinajstić information content (AvgIpc) is 2.27. The standard InChI is InChI=1S/C12H15ClFNO3S/c1-4-15-19(17,18)11-5-8(12(16)7(2)3)9(13)6-10(11)14/h5-7,15H,4H2,1-3H3. The molecule has 0 aliphatic rings. The van der Waals surface area contributed by atoms with Gasteiger partial charge in [-0.1, -0.05) is 32.4 Å². The molecule has 0 heterocycles. The molecule has 0 bridgehead atoms. The SMILES string of the molecule is CCNS(=O)(=O)c1cc(C(=O)C(C)C)c(Cl)cc1F. The van der Waals surface area contributed by atoms with Crippen LogP contribution in [0, 0.1) is 11.7 Å². The van der Waals surface area contributed by atoms with E-state index in [2.05, 4.69) is 4.72 Å². The van der Waals surface area contributed by atoms with Crippen LogP contribution in [0.5, 0.6) is 0 Å². The highest BCUT2D eigenvalue weighted by atomic mass is 35.5. The Bertz CT molecular complexity index is 599. The minimum absolute atomic E-state index is 0.00884. The largest absolute Gasteiger partial charge is 0.294 e. The summed E-state index contributed by atoms with van der Waals surface area (Å²) in [6.45, 7) is 5.00. The molecule has 0 aliphatic heterocycles. The molecule has 0 spiro atoms. The normalized spacial score (nSPS) is 11.9. The molecule has 0 unspecified atom stereocenters. The van der Waals surface area contributed by atoms with Gasteiger partial charge in [0.2, 0.25) is 10.0 Å². The first-order valence-corrected chi connectivity index (χ1v) is 7.59. The monoisotopic (exact) mass is 307 g/mol. The Kier molecular flexibility index (Phi) is 5.06. The summed E-state index contributed by atoms with van der Waals surface area (Å²) in [5, 5.41) is -0.0911. The number of rotatable bonds is 5. The van der Waals surface area contributed by atoms with E-state index in [1.807, 2.05) is 0 Å². The number of ketones is 1. The topological polar surface area (TPSA) is 63.2 Å². The predicted octanol–water partition coefficient (Wildman–Crippen LogP) is 2.62. The highest BCUT2D eigenvalue weighted by Crippen LogP contribution is 2.26. The average molecular weight is 308 g/mol. The van der Waals surface area contributed by atoms with E-state index in [1.165, 1.54) is 0 Å². The molecule has 0 saturated carbocycles. The summed E-state index contributed by atoms with van der Waals surface area (Å²) in [6, 6.07) is 1.83. The van der Waals surface area contributed by atoms with E-state index in [0.29, 0.717) is 0 Å². The molecule has 1 aromatic carbocycles. The third kappa shape index (κ3) is 3.52. The third-order valence-electron chi connectivity index (χ3n) is 2.44. The lowest BCUT2D eigenvalue weighted by Gasteiger charge is -2.11. The molecular weight excluding hydrogens is 293 g/mol. The van der Waals surface area contributed by atoms with Crippen molar-refractivity contribution in [2.45, 2.75) is 25.7 Å². The third-order valence-corrected chi connectivity index (χ3v) is 4.31. The summed E-state index contributed by atoms with van der Waals surface area (Å²) in [6.07, 6.45) is 0. The molecule has 0 aliphatic carbocycles. The van der Waals surface area contributed by atoms with Crippen LogP contribution >= 0.6 is 11.6 Å². The first-order valence-electron chi connectivity index (χ1n) is 5.73. The van der Waals surface area contributed by atoms with E-state index in [1.54, 1.807) is 20.8 Å². The second-order valence-electron chi connectivity index (χ2n) is 4.28. The molecule has 0 saturated heterocycles. The van der Waals surface area contributed by atoms with Crippen LogP contribution < -0.4 is 4.72 Å². The van der Waals surface area contributed by atoms with Crippen LogP contribution in [0.4, 0.5) is 4.39 Å². The van der Waals surface area contributed by atoms with Gasteiger partial charge in [-0.3, -0.25) is 4.79 Å². The van der Waals surface area contributed by atoms with E-state index >= 15 is 0 Å². The molecule has 1 N–H and O–H groups in total. The number of hydrogen-bond donors (Lipinski definition) is 1. The molecular formula is C12H15ClFNO3S. The van der Waals surface area contributed by atoms with Crippen LogP contribution in [0.1, 0.15) is 31.1 Å². The van der Waals surface area contributed by atoms with E-state index in [4.69, 9.17) is 11.6 Å². The van der Waals surface area contributed by atoms with Gasteiger partial charge in [-0.15, -0.1) is 0 Å². The fourth-order valence-corrected chi connectivity index (χ4v) is 2.87. The number of hydrogen-bond acceptors (Lipinski definition) is 3. The van der Waals surface area contributed by atoms with E-state index in [0.717, 1.165) is 12.1 Å². The quantitative estimate of drug-likeness (QED) is 0.851. The molecule has 106 valence electrons. The maximum Gasteiger partial charge on any atom is 0.243 e. The molecule has 19 heavy (non-hydrogen) atoms. The van der Waals surface area contributed by atoms with Gasteiger partial charge in [0.25, 0.3) is 0 Å². The Labute approximate surface area is 117 Å². The number of sulfonamides is 1. The Balaban J connectivity index is 3.44. The summed E-state index contributed by atoms with van der Waals surface area (Å²) < 4.78 is 39.5. The minimum Gasteiger partial charge on any atom is -0.294 e. The lowest BCUT2D eigenvalue weighted by Crippen LogP contribution is -2.24. The molecule has 0 aromatic heterocycles. The molecule has 0 atom stereocenters. The van der Waals surface area contributed by atoms with Gasteiger partial charge < -0.3 is 0 Å². The zero-order chi connectivity index (χ0) is 14.8. The molecule has 0 fully saturated rings. The zero-order valence-corrected chi connectivity index (χ0v) is 12.4. The smallest absolute Gasteiger partial charge is 0.243 e. The summed E-state index contributed by atoms with van der Waals surface area (Å²) in [7, 11) is -3.98. The molecule has 1 rings (SSSR count). The van der Waals surface area contributed by atoms with Crippen LogP contribution in [0.2, 0.25) is 5.02 Å². The summed E-state index contributed by atoms with van der Waals surface area (Å²) in [5.41, 5.74) is 0.00884. The van der Waals surface area contributed by atoms with Crippen molar-refractivity contribution in [3.05, 3.63) is 28.5 Å². The van der Waals surface area contributed by atoms with Gasteiger partial charge >= 0.3 is 0 Å². The number of halogens is 2. The van der Waals surface area contributed by atoms with Crippen molar-refractivity contribution in [2.75, 3.05) is 6.54 Å². The Hall–Kier alpha value is -0.980. The highest BCUT2D eigenvalue weighted by molar-refractivity contribution is 7.89. The lowest BCUT2D eigenvalue weighted by molar-refractivity contribution is 0.0939. The Morgan fingerprint density at radius 3 is 2.47 bits per heavy atom. The van der Waals surface area contributed by atoms with Gasteiger partial charge in [0, 0.05) is 18.0 Å². The molecule has 7 heteroatoms. The molecule has 0 amide bonds. The zero-order valence-electron chi connectivity index (χ0n) is 10.8. The first-order chi connectivity index (χ1) is 8.70. The number of benzene rings is 1. The van der Waals surface area contributed by atoms with Crippen molar-refractivity contribution in [3.8, 4) is 0 Å². The van der Waals surface area contributed by atoms with Gasteiger partial charge in [0.1, 0.15) is 10.7 Å². The maximum absolute atomic E-state index is 13.7. The number of Topliss-reactive ketones (excluding diaryl/α,β-unsaturated/α-hetero) is 1. The first kappa shape index (κ1) is 16.1. The van der Waals surface area contributed by atoms with E-state index < -0.39 is 20.7 Å². The fourth-order valence-electron chi connectivity index (χ4n) is 1.50. The van der Waals surface area contributed by atoms with Crippen LogP contribution in [0.15, 0.2) is 17.0 Å². The summed E-state index contributed by atoms with van der Waals surface area (Å²) in [5.74, 6) is -1.68. The second-order valence-corrected chi connectivity index (χ2v) is 6.43. The van der Waals surface area contributed by atoms with Gasteiger partial charge in [-0.05, 0) is 12.1 Å². The Morgan fingerprint density at radius 2 is 2.00 bits per heavy atom. The van der Waals surface area contributed by atoms with Crippen LogP contribution in [0.25, 0.3) is 0 Å². The van der Waals surface area contributed by atoms with Crippen LogP contribution in [-0.2, 0) is 10.0 Å². The fraction of sp³-hybridized carbons (Fsp3) is 0.417. The highest BCUT2D eigenvalue weighted by Gasteiger charge is 2.23. The minimum atomic E-state index is -3.98. The van der Waals surface area contributed by atoms with Crippen molar-refractivity contribution < 1.29 is 17.6 Å². The molecule has 1 aromatic rings. The Morgan fingerprint density at radius 1 is 1.42 bits per heavy atom. The van der Waals surface area contributed by atoms with Crippen LogP contribution in [0.3, 0.4) is 0 Å². The van der Waals surface area contributed by atoms with Crippen molar-refractivity contribution in [2.24, 2.45) is 5.92 Å². The number of carbonyl (C=O) groups excluding carboxylic acids is 1. The van der Waals surface area contributed by atoms with E-state index in [9.17, 15) is 17.6 Å². The number of carbonyl (C=O) groups is 1. The van der Waals surface area contributed by atoms with Crippen LogP contribution in [-0.4, -0.2) is 20.7 Å². The van der Waals surface area contributed by atoms with Gasteiger partial charge in [0.15, 0.2) is 5.78 Å².